The molecule has 0 bridgehead atoms. The van der Waals surface area contributed by atoms with E-state index in [-0.39, 0.29) is 17.6 Å². The van der Waals surface area contributed by atoms with Gasteiger partial charge >= 0.3 is 0 Å². The molecule has 0 radical (unpaired) electrons. The molecule has 2 rings (SSSR count). The number of nitrogens with zero attached hydrogens (tertiary/aromatic N) is 3. The predicted molar refractivity (Wildman–Crippen MR) is 43.5 cm³/mol. The SMILES string of the molecule is CC1CNc2nc(N)nc(=N)n21. The summed E-state index contributed by atoms with van der Waals surface area (Å²) in [5.41, 5.74) is 5.54. The summed E-state index contributed by atoms with van der Waals surface area (Å²) in [6.07, 6.45) is 0. The Balaban J connectivity index is 2.69. The Morgan fingerprint density at radius 2 is 2.42 bits per heavy atom. The van der Waals surface area contributed by atoms with Gasteiger partial charge in [0.2, 0.25) is 17.5 Å². The first-order valence-electron chi connectivity index (χ1n) is 3.73. The first kappa shape index (κ1) is 7.08. The van der Waals surface area contributed by atoms with Gasteiger partial charge in [0.25, 0.3) is 0 Å². The van der Waals surface area contributed by atoms with Crippen molar-refractivity contribution in [2.75, 3.05) is 17.6 Å². The standard InChI is InChI=1S/C6H10N6/c1-3-2-9-6-11-4(7)10-5(8)12(3)6/h3H,2H2,1H3,(H4,7,8,9,10,11). The van der Waals surface area contributed by atoms with E-state index in [1.807, 2.05) is 6.92 Å². The maximum Gasteiger partial charge on any atom is 0.228 e. The average molecular weight is 166 g/mol. The fourth-order valence-corrected chi connectivity index (χ4v) is 1.32. The summed E-state index contributed by atoms with van der Waals surface area (Å²) >= 11 is 0. The molecule has 0 spiro atoms. The second-order valence-electron chi connectivity index (χ2n) is 2.83. The minimum absolute atomic E-state index is 0.146. The van der Waals surface area contributed by atoms with Crippen LogP contribution < -0.4 is 16.7 Å². The van der Waals surface area contributed by atoms with Crippen molar-refractivity contribution in [2.45, 2.75) is 13.0 Å². The second-order valence-corrected chi connectivity index (χ2v) is 2.83. The molecule has 1 atom stereocenters. The predicted octanol–water partition coefficient (Wildman–Crippen LogP) is -0.674. The largest absolute Gasteiger partial charge is 0.368 e. The number of hydrogen-bond acceptors (Lipinski definition) is 5. The molecule has 12 heavy (non-hydrogen) atoms. The van der Waals surface area contributed by atoms with Crippen molar-refractivity contribution < 1.29 is 0 Å². The molecule has 1 aliphatic rings. The highest BCUT2D eigenvalue weighted by atomic mass is 15.3. The Labute approximate surface area is 69.0 Å². The summed E-state index contributed by atoms with van der Waals surface area (Å²) < 4.78 is 1.72. The highest BCUT2D eigenvalue weighted by Crippen LogP contribution is 2.16. The summed E-state index contributed by atoms with van der Waals surface area (Å²) in [5, 5.41) is 10.6. The van der Waals surface area contributed by atoms with Crippen LogP contribution in [0.2, 0.25) is 0 Å². The molecule has 4 N–H and O–H groups in total. The van der Waals surface area contributed by atoms with E-state index in [1.54, 1.807) is 4.57 Å². The van der Waals surface area contributed by atoms with E-state index in [0.29, 0.717) is 5.95 Å². The lowest BCUT2D eigenvalue weighted by molar-refractivity contribution is 0.573. The van der Waals surface area contributed by atoms with Crippen LogP contribution in [0.1, 0.15) is 13.0 Å². The molecule has 6 heteroatoms. The number of nitrogen functional groups attached to an aromatic ring is 1. The lowest BCUT2D eigenvalue weighted by atomic mass is 10.4. The topological polar surface area (TPSA) is 92.6 Å². The molecule has 64 valence electrons. The highest BCUT2D eigenvalue weighted by molar-refractivity contribution is 5.34. The van der Waals surface area contributed by atoms with Gasteiger partial charge < -0.3 is 11.1 Å². The van der Waals surface area contributed by atoms with Crippen molar-refractivity contribution in [3.8, 4) is 0 Å². The summed E-state index contributed by atoms with van der Waals surface area (Å²) in [7, 11) is 0. The number of fused-ring (bicyclic) bond motifs is 1. The van der Waals surface area contributed by atoms with Gasteiger partial charge in [0, 0.05) is 6.54 Å². The molecule has 1 aromatic rings. The number of aromatic nitrogens is 3. The van der Waals surface area contributed by atoms with Crippen molar-refractivity contribution in [3.63, 3.8) is 0 Å². The lowest BCUT2D eigenvalue weighted by Gasteiger charge is -2.05. The van der Waals surface area contributed by atoms with E-state index in [1.165, 1.54) is 0 Å². The van der Waals surface area contributed by atoms with Crippen LogP contribution in [0.4, 0.5) is 11.9 Å². The Kier molecular flexibility index (Phi) is 1.30. The van der Waals surface area contributed by atoms with Crippen molar-refractivity contribution in [2.24, 2.45) is 0 Å². The van der Waals surface area contributed by atoms with E-state index < -0.39 is 0 Å². The molecule has 1 aliphatic heterocycles. The number of anilines is 2. The van der Waals surface area contributed by atoms with Gasteiger partial charge in [-0.3, -0.25) is 9.98 Å². The number of nitrogens with two attached hydrogens (primary N) is 1. The summed E-state index contributed by atoms with van der Waals surface area (Å²) in [4.78, 5) is 7.72. The van der Waals surface area contributed by atoms with Crippen molar-refractivity contribution >= 4 is 11.9 Å². The molecular weight excluding hydrogens is 156 g/mol. The van der Waals surface area contributed by atoms with E-state index in [4.69, 9.17) is 11.1 Å². The van der Waals surface area contributed by atoms with Crippen LogP contribution in [0.15, 0.2) is 0 Å². The number of hydrogen-bond donors (Lipinski definition) is 3. The van der Waals surface area contributed by atoms with Crippen LogP contribution in [0.25, 0.3) is 0 Å². The molecule has 6 nitrogen and oxygen atoms in total. The molecule has 0 fully saturated rings. The second kappa shape index (κ2) is 2.20. The third-order valence-electron chi connectivity index (χ3n) is 1.89. The first-order valence-corrected chi connectivity index (χ1v) is 3.73. The third kappa shape index (κ3) is 0.843. The fraction of sp³-hybridized carbons (Fsp3) is 0.500. The Morgan fingerprint density at radius 3 is 3.17 bits per heavy atom. The minimum atomic E-state index is 0.146. The van der Waals surface area contributed by atoms with Gasteiger partial charge in [-0.05, 0) is 6.92 Å². The molecular formula is C6H10N6. The Hall–Kier alpha value is -1.59. The quantitative estimate of drug-likeness (QED) is 0.476. The van der Waals surface area contributed by atoms with E-state index in [0.717, 1.165) is 6.54 Å². The zero-order valence-electron chi connectivity index (χ0n) is 6.70. The monoisotopic (exact) mass is 166 g/mol. The maximum atomic E-state index is 7.51. The molecule has 0 aromatic carbocycles. The Morgan fingerprint density at radius 1 is 1.67 bits per heavy atom. The molecule has 1 aromatic heterocycles. The molecule has 1 unspecified atom stereocenters. The number of nitrogens with one attached hydrogen (secondary N) is 2. The maximum absolute atomic E-state index is 7.51. The Bertz CT molecular complexity index is 367. The van der Waals surface area contributed by atoms with Crippen molar-refractivity contribution in [1.82, 2.24) is 14.5 Å². The normalized spacial score (nSPS) is 20.2. The van der Waals surface area contributed by atoms with E-state index in [9.17, 15) is 0 Å². The summed E-state index contributed by atoms with van der Waals surface area (Å²) in [6, 6.07) is 0.230. The smallest absolute Gasteiger partial charge is 0.228 e. The molecule has 0 saturated carbocycles. The average Bonchev–Trinajstić information content (AvgIpc) is 2.31. The zero-order chi connectivity index (χ0) is 8.72. The van der Waals surface area contributed by atoms with Crippen LogP contribution in [0.5, 0.6) is 0 Å². The van der Waals surface area contributed by atoms with E-state index in [2.05, 4.69) is 15.3 Å². The molecule has 0 saturated heterocycles. The minimum Gasteiger partial charge on any atom is -0.368 e. The van der Waals surface area contributed by atoms with Gasteiger partial charge in [-0.25, -0.2) is 0 Å². The lowest BCUT2D eigenvalue weighted by Crippen LogP contribution is -2.25. The highest BCUT2D eigenvalue weighted by Gasteiger charge is 2.19. The van der Waals surface area contributed by atoms with Gasteiger partial charge in [0.1, 0.15) is 0 Å². The first-order chi connectivity index (χ1) is 5.68. The van der Waals surface area contributed by atoms with Gasteiger partial charge in [-0.1, -0.05) is 0 Å². The van der Waals surface area contributed by atoms with Gasteiger partial charge in [-0.15, -0.1) is 0 Å². The zero-order valence-corrected chi connectivity index (χ0v) is 6.70. The summed E-state index contributed by atoms with van der Waals surface area (Å²) in [5.74, 6) is 0.785. The van der Waals surface area contributed by atoms with Crippen LogP contribution in [0.3, 0.4) is 0 Å². The molecule has 2 heterocycles. The van der Waals surface area contributed by atoms with Crippen molar-refractivity contribution in [3.05, 3.63) is 5.62 Å². The van der Waals surface area contributed by atoms with Crippen LogP contribution in [-0.2, 0) is 0 Å². The molecule has 0 aliphatic carbocycles. The van der Waals surface area contributed by atoms with Crippen LogP contribution >= 0.6 is 0 Å². The fourth-order valence-electron chi connectivity index (χ4n) is 1.32. The van der Waals surface area contributed by atoms with E-state index >= 15 is 0 Å². The number of rotatable bonds is 0. The van der Waals surface area contributed by atoms with Gasteiger partial charge in [0.15, 0.2) is 0 Å². The summed E-state index contributed by atoms with van der Waals surface area (Å²) in [6.45, 7) is 2.78. The van der Waals surface area contributed by atoms with Gasteiger partial charge in [0.05, 0.1) is 6.04 Å². The van der Waals surface area contributed by atoms with Crippen LogP contribution in [-0.4, -0.2) is 21.1 Å². The van der Waals surface area contributed by atoms with Gasteiger partial charge in [-0.2, -0.15) is 9.97 Å². The van der Waals surface area contributed by atoms with Crippen LogP contribution in [0, 0.1) is 5.41 Å². The molecule has 0 amide bonds. The van der Waals surface area contributed by atoms with Crippen molar-refractivity contribution in [1.29, 1.82) is 5.41 Å². The third-order valence-corrected chi connectivity index (χ3v) is 1.89.